The highest BCUT2D eigenvalue weighted by molar-refractivity contribution is 5.92. The van der Waals surface area contributed by atoms with E-state index < -0.39 is 0 Å². The highest BCUT2D eigenvalue weighted by atomic mass is 16.5. The molecule has 1 aliphatic heterocycles. The maximum absolute atomic E-state index is 12.3. The zero-order chi connectivity index (χ0) is 18.4. The Morgan fingerprint density at radius 2 is 1.73 bits per heavy atom. The van der Waals surface area contributed by atoms with Gasteiger partial charge in [0, 0.05) is 31.9 Å². The van der Waals surface area contributed by atoms with Crippen LogP contribution in [-0.4, -0.2) is 50.1 Å². The van der Waals surface area contributed by atoms with Gasteiger partial charge < -0.3 is 15.0 Å². The van der Waals surface area contributed by atoms with Gasteiger partial charge in [0.05, 0.1) is 18.8 Å². The van der Waals surface area contributed by atoms with Crippen molar-refractivity contribution in [2.24, 2.45) is 0 Å². The number of rotatable bonds is 6. The van der Waals surface area contributed by atoms with Gasteiger partial charge in [0.2, 0.25) is 5.91 Å². The molecule has 0 saturated carbocycles. The largest absolute Gasteiger partial charge is 0.492 e. The smallest absolute Gasteiger partial charge is 0.238 e. The Bertz CT molecular complexity index is 722. The lowest BCUT2D eigenvalue weighted by Gasteiger charge is -2.36. The first-order valence-electron chi connectivity index (χ1n) is 9.21. The first kappa shape index (κ1) is 18.3. The summed E-state index contributed by atoms with van der Waals surface area (Å²) in [6, 6.07) is 16.0. The van der Waals surface area contributed by atoms with Crippen molar-refractivity contribution in [3.8, 4) is 5.75 Å². The van der Waals surface area contributed by atoms with E-state index in [4.69, 9.17) is 4.74 Å². The third kappa shape index (κ3) is 4.76. The Hall–Kier alpha value is -2.53. The summed E-state index contributed by atoms with van der Waals surface area (Å²) in [5, 5.41) is 2.97. The van der Waals surface area contributed by atoms with Gasteiger partial charge in [0.15, 0.2) is 0 Å². The Labute approximate surface area is 155 Å². The van der Waals surface area contributed by atoms with Crippen LogP contribution in [0.25, 0.3) is 0 Å². The van der Waals surface area contributed by atoms with Crippen LogP contribution in [0.1, 0.15) is 12.5 Å². The van der Waals surface area contributed by atoms with Crippen molar-refractivity contribution >= 4 is 17.3 Å². The van der Waals surface area contributed by atoms with Crippen LogP contribution in [0, 0.1) is 6.92 Å². The maximum atomic E-state index is 12.3. The zero-order valence-corrected chi connectivity index (χ0v) is 15.6. The number of hydrogen-bond acceptors (Lipinski definition) is 4. The predicted octanol–water partition coefficient (Wildman–Crippen LogP) is 3.15. The van der Waals surface area contributed by atoms with Gasteiger partial charge in [-0.2, -0.15) is 0 Å². The van der Waals surface area contributed by atoms with Gasteiger partial charge in [0.25, 0.3) is 0 Å². The molecule has 2 aromatic carbocycles. The second kappa shape index (κ2) is 8.72. The molecule has 0 bridgehead atoms. The molecule has 1 aliphatic rings. The van der Waals surface area contributed by atoms with Crippen LogP contribution in [0.2, 0.25) is 0 Å². The van der Waals surface area contributed by atoms with Crippen molar-refractivity contribution in [2.75, 3.05) is 49.5 Å². The fourth-order valence-electron chi connectivity index (χ4n) is 3.18. The van der Waals surface area contributed by atoms with Gasteiger partial charge in [0.1, 0.15) is 5.75 Å². The standard InChI is InChI=1S/C21H27N3O2/c1-3-26-20-7-5-4-6-19(20)24-14-12-23(13-15-24)16-21(25)22-18-10-8-17(2)9-11-18/h4-11H,3,12-16H2,1-2H3,(H,22,25). The molecule has 1 heterocycles. The van der Waals surface area contributed by atoms with Gasteiger partial charge in [-0.05, 0) is 38.1 Å². The van der Waals surface area contributed by atoms with Gasteiger partial charge in [-0.15, -0.1) is 0 Å². The number of hydrogen-bond donors (Lipinski definition) is 1. The minimum atomic E-state index is 0.0389. The van der Waals surface area contributed by atoms with Crippen molar-refractivity contribution in [2.45, 2.75) is 13.8 Å². The fourth-order valence-corrected chi connectivity index (χ4v) is 3.18. The summed E-state index contributed by atoms with van der Waals surface area (Å²) in [6.45, 7) is 8.63. The molecule has 2 aromatic rings. The summed E-state index contributed by atoms with van der Waals surface area (Å²) < 4.78 is 5.74. The number of ether oxygens (including phenoxy) is 1. The summed E-state index contributed by atoms with van der Waals surface area (Å²) in [4.78, 5) is 16.8. The number of aryl methyl sites for hydroxylation is 1. The average Bonchev–Trinajstić information content (AvgIpc) is 2.65. The molecule has 0 radical (unpaired) electrons. The molecular weight excluding hydrogens is 326 g/mol. The average molecular weight is 353 g/mol. The van der Waals surface area contributed by atoms with Crippen molar-refractivity contribution in [3.05, 3.63) is 54.1 Å². The molecule has 26 heavy (non-hydrogen) atoms. The van der Waals surface area contributed by atoms with Gasteiger partial charge in [-0.1, -0.05) is 29.8 Å². The molecule has 0 unspecified atom stereocenters. The van der Waals surface area contributed by atoms with E-state index in [0.29, 0.717) is 13.2 Å². The van der Waals surface area contributed by atoms with E-state index in [2.05, 4.69) is 21.2 Å². The third-order valence-electron chi connectivity index (χ3n) is 4.58. The number of carbonyl (C=O) groups excluding carboxylic acids is 1. The summed E-state index contributed by atoms with van der Waals surface area (Å²) in [6.07, 6.45) is 0. The molecule has 1 saturated heterocycles. The number of amides is 1. The number of anilines is 2. The molecule has 138 valence electrons. The molecule has 0 aromatic heterocycles. The van der Waals surface area contributed by atoms with Crippen LogP contribution in [0.4, 0.5) is 11.4 Å². The van der Waals surface area contributed by atoms with E-state index in [1.165, 1.54) is 5.56 Å². The van der Waals surface area contributed by atoms with E-state index in [1.807, 2.05) is 56.3 Å². The maximum Gasteiger partial charge on any atom is 0.238 e. The lowest BCUT2D eigenvalue weighted by atomic mass is 10.2. The molecule has 3 rings (SSSR count). The molecule has 0 atom stereocenters. The van der Waals surface area contributed by atoms with E-state index >= 15 is 0 Å². The molecule has 5 heteroatoms. The van der Waals surface area contributed by atoms with Gasteiger partial charge in [-0.25, -0.2) is 0 Å². The number of nitrogens with one attached hydrogen (secondary N) is 1. The van der Waals surface area contributed by atoms with Crippen LogP contribution < -0.4 is 15.0 Å². The van der Waals surface area contributed by atoms with E-state index in [0.717, 1.165) is 43.3 Å². The predicted molar refractivity (Wildman–Crippen MR) is 106 cm³/mol. The highest BCUT2D eigenvalue weighted by Crippen LogP contribution is 2.28. The van der Waals surface area contributed by atoms with E-state index in [9.17, 15) is 4.79 Å². The molecule has 1 amide bonds. The second-order valence-corrected chi connectivity index (χ2v) is 6.58. The lowest BCUT2D eigenvalue weighted by Crippen LogP contribution is -2.48. The quantitative estimate of drug-likeness (QED) is 0.866. The van der Waals surface area contributed by atoms with Crippen molar-refractivity contribution in [1.82, 2.24) is 4.90 Å². The molecule has 0 spiro atoms. The number of benzene rings is 2. The summed E-state index contributed by atoms with van der Waals surface area (Å²) >= 11 is 0. The SMILES string of the molecule is CCOc1ccccc1N1CCN(CC(=O)Nc2ccc(C)cc2)CC1. The Balaban J connectivity index is 1.51. The Morgan fingerprint density at radius 3 is 2.42 bits per heavy atom. The van der Waals surface area contributed by atoms with Crippen LogP contribution in [0.15, 0.2) is 48.5 Å². The minimum Gasteiger partial charge on any atom is -0.492 e. The van der Waals surface area contributed by atoms with Crippen LogP contribution in [-0.2, 0) is 4.79 Å². The number of para-hydroxylation sites is 2. The highest BCUT2D eigenvalue weighted by Gasteiger charge is 2.21. The van der Waals surface area contributed by atoms with Crippen LogP contribution in [0.5, 0.6) is 5.75 Å². The summed E-state index contributed by atoms with van der Waals surface area (Å²) in [7, 11) is 0. The van der Waals surface area contributed by atoms with Crippen molar-refractivity contribution < 1.29 is 9.53 Å². The van der Waals surface area contributed by atoms with Crippen molar-refractivity contribution in [3.63, 3.8) is 0 Å². The molecule has 0 aliphatic carbocycles. The van der Waals surface area contributed by atoms with Crippen molar-refractivity contribution in [1.29, 1.82) is 0 Å². The minimum absolute atomic E-state index is 0.0389. The van der Waals surface area contributed by atoms with Gasteiger partial charge in [-0.3, -0.25) is 9.69 Å². The van der Waals surface area contributed by atoms with Crippen LogP contribution >= 0.6 is 0 Å². The number of carbonyl (C=O) groups is 1. The monoisotopic (exact) mass is 353 g/mol. The fraction of sp³-hybridized carbons (Fsp3) is 0.381. The summed E-state index contributed by atoms with van der Waals surface area (Å²) in [5.41, 5.74) is 3.18. The zero-order valence-electron chi connectivity index (χ0n) is 15.6. The molecule has 1 fully saturated rings. The van der Waals surface area contributed by atoms with Crippen LogP contribution in [0.3, 0.4) is 0 Å². The number of piperazine rings is 1. The molecule has 5 nitrogen and oxygen atoms in total. The number of nitrogens with zero attached hydrogens (tertiary/aromatic N) is 2. The van der Waals surface area contributed by atoms with Gasteiger partial charge >= 0.3 is 0 Å². The van der Waals surface area contributed by atoms with E-state index in [-0.39, 0.29) is 5.91 Å². The topological polar surface area (TPSA) is 44.8 Å². The molecular formula is C21H27N3O2. The summed E-state index contributed by atoms with van der Waals surface area (Å²) in [5.74, 6) is 0.970. The molecule has 1 N–H and O–H groups in total. The Kier molecular flexibility index (Phi) is 6.12. The normalized spacial score (nSPS) is 14.9. The third-order valence-corrected chi connectivity index (χ3v) is 4.58. The Morgan fingerprint density at radius 1 is 1.04 bits per heavy atom. The van der Waals surface area contributed by atoms with E-state index in [1.54, 1.807) is 0 Å². The lowest BCUT2D eigenvalue weighted by molar-refractivity contribution is -0.117. The first-order valence-corrected chi connectivity index (χ1v) is 9.21. The second-order valence-electron chi connectivity index (χ2n) is 6.58. The first-order chi connectivity index (χ1) is 12.7.